The number of para-hydroxylation sites is 1. The summed E-state index contributed by atoms with van der Waals surface area (Å²) in [4.78, 5) is 40.8. The number of carbonyl (C=O) groups is 3. The number of piperazine rings is 1. The van der Waals surface area contributed by atoms with Gasteiger partial charge in [0.2, 0.25) is 11.8 Å². The highest BCUT2D eigenvalue weighted by atomic mass is 16.5. The zero-order valence-corrected chi connectivity index (χ0v) is 15.4. The normalized spacial score (nSPS) is 24.6. The summed E-state index contributed by atoms with van der Waals surface area (Å²) < 4.78 is 6.10. The smallest absolute Gasteiger partial charge is 0.258 e. The molecular formula is C19H24N4O4. The van der Waals surface area contributed by atoms with Crippen LogP contribution in [0.5, 0.6) is 5.75 Å². The Bertz CT molecular complexity index is 773. The van der Waals surface area contributed by atoms with Crippen LogP contribution in [0.1, 0.15) is 29.6 Å². The van der Waals surface area contributed by atoms with Crippen molar-refractivity contribution in [1.82, 2.24) is 20.4 Å². The van der Waals surface area contributed by atoms with Gasteiger partial charge in [-0.25, -0.2) is 0 Å². The van der Waals surface area contributed by atoms with Crippen molar-refractivity contribution in [2.75, 3.05) is 33.2 Å². The van der Waals surface area contributed by atoms with E-state index in [1.807, 2.05) is 18.0 Å². The number of likely N-dealkylation sites (N-methyl/N-ethyl adjacent to an activating group) is 1. The molecule has 1 aromatic rings. The number of amides is 3. The SMILES string of the molecule is CN1CCNC(=O)C1CC(=O)N1CCC2(CC1)NC(=O)c1ccccc1O2. The van der Waals surface area contributed by atoms with E-state index in [2.05, 4.69) is 10.6 Å². The van der Waals surface area contributed by atoms with Crippen molar-refractivity contribution < 1.29 is 19.1 Å². The molecule has 8 heteroatoms. The van der Waals surface area contributed by atoms with E-state index in [1.54, 1.807) is 23.1 Å². The maximum atomic E-state index is 12.7. The van der Waals surface area contributed by atoms with Crippen molar-refractivity contribution in [1.29, 1.82) is 0 Å². The van der Waals surface area contributed by atoms with Gasteiger partial charge in [-0.1, -0.05) is 12.1 Å². The fourth-order valence-electron chi connectivity index (χ4n) is 3.97. The summed E-state index contributed by atoms with van der Waals surface area (Å²) in [7, 11) is 1.87. The van der Waals surface area contributed by atoms with E-state index in [9.17, 15) is 14.4 Å². The van der Waals surface area contributed by atoms with Gasteiger partial charge in [0.1, 0.15) is 5.75 Å². The quantitative estimate of drug-likeness (QED) is 0.760. The van der Waals surface area contributed by atoms with Crippen molar-refractivity contribution in [2.24, 2.45) is 0 Å². The van der Waals surface area contributed by atoms with Crippen molar-refractivity contribution in [2.45, 2.75) is 31.0 Å². The van der Waals surface area contributed by atoms with E-state index in [1.165, 1.54) is 0 Å². The Morgan fingerprint density at radius 3 is 2.70 bits per heavy atom. The molecule has 1 atom stereocenters. The molecule has 0 radical (unpaired) electrons. The zero-order valence-electron chi connectivity index (χ0n) is 15.4. The number of carbonyl (C=O) groups excluding carboxylic acids is 3. The summed E-state index contributed by atoms with van der Waals surface area (Å²) in [6.45, 7) is 2.33. The fourth-order valence-corrected chi connectivity index (χ4v) is 3.97. The average molecular weight is 372 g/mol. The van der Waals surface area contributed by atoms with Gasteiger partial charge in [-0.05, 0) is 19.2 Å². The van der Waals surface area contributed by atoms with Gasteiger partial charge >= 0.3 is 0 Å². The van der Waals surface area contributed by atoms with E-state index < -0.39 is 11.8 Å². The molecule has 1 spiro atoms. The predicted molar refractivity (Wildman–Crippen MR) is 97.1 cm³/mol. The van der Waals surface area contributed by atoms with E-state index in [4.69, 9.17) is 4.74 Å². The molecule has 3 amide bonds. The van der Waals surface area contributed by atoms with Crippen LogP contribution in [0.4, 0.5) is 0 Å². The molecule has 4 rings (SSSR count). The van der Waals surface area contributed by atoms with Gasteiger partial charge in [-0.3, -0.25) is 19.3 Å². The topological polar surface area (TPSA) is 91.0 Å². The molecule has 0 saturated carbocycles. The fraction of sp³-hybridized carbons (Fsp3) is 0.526. The first-order valence-corrected chi connectivity index (χ1v) is 9.34. The highest BCUT2D eigenvalue weighted by Gasteiger charge is 2.43. The van der Waals surface area contributed by atoms with Gasteiger partial charge in [-0.15, -0.1) is 0 Å². The maximum Gasteiger partial charge on any atom is 0.258 e. The summed E-state index contributed by atoms with van der Waals surface area (Å²) in [6, 6.07) is 6.77. The number of ether oxygens (including phenoxy) is 1. The van der Waals surface area contributed by atoms with Crippen LogP contribution in [-0.4, -0.2) is 72.5 Å². The molecule has 3 aliphatic heterocycles. The van der Waals surface area contributed by atoms with E-state index >= 15 is 0 Å². The summed E-state index contributed by atoms with van der Waals surface area (Å²) >= 11 is 0. The van der Waals surface area contributed by atoms with Gasteiger partial charge in [0.25, 0.3) is 5.91 Å². The average Bonchev–Trinajstić information content (AvgIpc) is 2.65. The highest BCUT2D eigenvalue weighted by Crippen LogP contribution is 2.33. The zero-order chi connectivity index (χ0) is 19.0. The van der Waals surface area contributed by atoms with Gasteiger partial charge in [0.05, 0.1) is 18.0 Å². The van der Waals surface area contributed by atoms with Crippen LogP contribution in [0.25, 0.3) is 0 Å². The summed E-state index contributed by atoms with van der Waals surface area (Å²) in [6.07, 6.45) is 1.21. The van der Waals surface area contributed by atoms with Crippen molar-refractivity contribution in [3.05, 3.63) is 29.8 Å². The molecule has 2 N–H and O–H groups in total. The minimum atomic E-state index is -0.763. The Hall–Kier alpha value is -2.61. The van der Waals surface area contributed by atoms with E-state index in [-0.39, 0.29) is 24.1 Å². The monoisotopic (exact) mass is 372 g/mol. The number of nitrogens with zero attached hydrogens (tertiary/aromatic N) is 2. The molecule has 1 aromatic carbocycles. The van der Waals surface area contributed by atoms with Crippen LogP contribution >= 0.6 is 0 Å². The van der Waals surface area contributed by atoms with Crippen molar-refractivity contribution >= 4 is 17.7 Å². The lowest BCUT2D eigenvalue weighted by atomic mass is 9.96. The second-order valence-electron chi connectivity index (χ2n) is 7.42. The van der Waals surface area contributed by atoms with Crippen LogP contribution in [0, 0.1) is 0 Å². The number of nitrogens with one attached hydrogen (secondary N) is 2. The van der Waals surface area contributed by atoms with E-state index in [0.29, 0.717) is 43.8 Å². The first kappa shape index (κ1) is 17.8. The number of benzene rings is 1. The van der Waals surface area contributed by atoms with Gasteiger partial charge in [0, 0.05) is 39.0 Å². The Labute approximate surface area is 157 Å². The minimum Gasteiger partial charge on any atom is -0.467 e. The number of likely N-dealkylation sites (tertiary alicyclic amines) is 1. The molecule has 2 fully saturated rings. The molecule has 2 saturated heterocycles. The Morgan fingerprint density at radius 2 is 1.96 bits per heavy atom. The second-order valence-corrected chi connectivity index (χ2v) is 7.42. The van der Waals surface area contributed by atoms with E-state index in [0.717, 1.165) is 6.54 Å². The molecule has 27 heavy (non-hydrogen) atoms. The number of hydrogen-bond acceptors (Lipinski definition) is 5. The summed E-state index contributed by atoms with van der Waals surface area (Å²) in [5.74, 6) is 0.310. The third-order valence-electron chi connectivity index (χ3n) is 5.67. The lowest BCUT2D eigenvalue weighted by Gasteiger charge is -2.44. The number of fused-ring (bicyclic) bond motifs is 1. The molecule has 8 nitrogen and oxygen atoms in total. The summed E-state index contributed by atoms with van der Waals surface area (Å²) in [5.41, 5.74) is -0.228. The standard InChI is InChI=1S/C19H24N4O4/c1-22-11-8-20-18(26)14(22)12-16(24)23-9-6-19(7-10-23)21-17(25)13-4-2-3-5-15(13)27-19/h2-5,14H,6-12H2,1H3,(H,20,26)(H,21,25). The number of piperidine rings is 1. The molecular weight excluding hydrogens is 348 g/mol. The Morgan fingerprint density at radius 1 is 1.22 bits per heavy atom. The maximum absolute atomic E-state index is 12.7. The van der Waals surface area contributed by atoms with Gasteiger partial charge < -0.3 is 20.3 Å². The van der Waals surface area contributed by atoms with Crippen molar-refractivity contribution in [3.63, 3.8) is 0 Å². The van der Waals surface area contributed by atoms with Crippen LogP contribution in [-0.2, 0) is 9.59 Å². The first-order valence-electron chi connectivity index (χ1n) is 9.34. The molecule has 0 bridgehead atoms. The third-order valence-corrected chi connectivity index (χ3v) is 5.67. The van der Waals surface area contributed by atoms with Crippen LogP contribution in [0.3, 0.4) is 0 Å². The lowest BCUT2D eigenvalue weighted by Crippen LogP contribution is -2.62. The molecule has 3 heterocycles. The van der Waals surface area contributed by atoms with Gasteiger partial charge in [-0.2, -0.15) is 0 Å². The molecule has 0 aromatic heterocycles. The molecule has 0 aliphatic carbocycles. The molecule has 3 aliphatic rings. The van der Waals surface area contributed by atoms with Gasteiger partial charge in [0.15, 0.2) is 5.72 Å². The minimum absolute atomic E-state index is 0.0405. The Balaban J connectivity index is 1.38. The second kappa shape index (κ2) is 6.84. The third kappa shape index (κ3) is 3.37. The largest absolute Gasteiger partial charge is 0.467 e. The predicted octanol–water partition coefficient (Wildman–Crippen LogP) is -0.0522. The molecule has 144 valence electrons. The number of rotatable bonds is 2. The van der Waals surface area contributed by atoms with Crippen LogP contribution in [0.15, 0.2) is 24.3 Å². The first-order chi connectivity index (χ1) is 13.0. The Kier molecular flexibility index (Phi) is 4.51. The highest BCUT2D eigenvalue weighted by molar-refractivity contribution is 5.98. The van der Waals surface area contributed by atoms with Crippen LogP contribution in [0.2, 0.25) is 0 Å². The number of hydrogen-bond donors (Lipinski definition) is 2. The lowest BCUT2D eigenvalue weighted by molar-refractivity contribution is -0.141. The summed E-state index contributed by atoms with van der Waals surface area (Å²) in [5, 5.41) is 5.78. The molecule has 1 unspecified atom stereocenters. The van der Waals surface area contributed by atoms with Crippen molar-refractivity contribution in [3.8, 4) is 5.75 Å². The van der Waals surface area contributed by atoms with Crippen LogP contribution < -0.4 is 15.4 Å².